The fourth-order valence-corrected chi connectivity index (χ4v) is 4.03. The number of aromatic amines is 1. The van der Waals surface area contributed by atoms with E-state index in [1.54, 1.807) is 67.8 Å². The van der Waals surface area contributed by atoms with E-state index in [0.717, 1.165) is 10.9 Å². The van der Waals surface area contributed by atoms with E-state index in [-0.39, 0.29) is 11.1 Å². The molecule has 0 radical (unpaired) electrons. The molecule has 0 atom stereocenters. The van der Waals surface area contributed by atoms with Gasteiger partial charge in [0.15, 0.2) is 0 Å². The number of hydrogen-bond acceptors (Lipinski definition) is 7. The molecule has 0 fully saturated rings. The summed E-state index contributed by atoms with van der Waals surface area (Å²) >= 11 is 0. The van der Waals surface area contributed by atoms with Gasteiger partial charge < -0.3 is 16.0 Å². The molecule has 12 heteroatoms. The lowest BCUT2D eigenvalue weighted by atomic mass is 10.1. The zero-order valence-corrected chi connectivity index (χ0v) is 21.7. The highest BCUT2D eigenvalue weighted by Gasteiger charge is 2.21. The Labute approximate surface area is 218 Å². The number of nitrogens with one attached hydrogen (secondary N) is 4. The average molecular weight is 513 g/mol. The molecule has 1 aromatic carbocycles. The van der Waals surface area contributed by atoms with Crippen LogP contribution in [-0.2, 0) is 12.6 Å². The Balaban J connectivity index is 1.42. The van der Waals surface area contributed by atoms with Gasteiger partial charge in [-0.15, -0.1) is 0 Å². The Morgan fingerprint density at radius 3 is 2.61 bits per heavy atom. The average Bonchev–Trinajstić information content (AvgIpc) is 3.56. The molecule has 4 heterocycles. The van der Waals surface area contributed by atoms with Crippen molar-refractivity contribution < 1.29 is 4.79 Å². The second-order valence-electron chi connectivity index (χ2n) is 9.80. The van der Waals surface area contributed by atoms with Crippen molar-refractivity contribution in [2.45, 2.75) is 26.3 Å². The van der Waals surface area contributed by atoms with Crippen molar-refractivity contribution in [3.05, 3.63) is 65.5 Å². The van der Waals surface area contributed by atoms with Gasteiger partial charge in [-0.25, -0.2) is 9.78 Å². The minimum absolute atomic E-state index is 0.209. The molecule has 0 saturated heterocycles. The van der Waals surface area contributed by atoms with Crippen LogP contribution in [0.5, 0.6) is 0 Å². The van der Waals surface area contributed by atoms with Crippen LogP contribution < -0.4 is 21.5 Å². The molecule has 0 aliphatic rings. The largest absolute Gasteiger partial charge is 0.357 e. The van der Waals surface area contributed by atoms with Crippen molar-refractivity contribution in [1.82, 2.24) is 34.5 Å². The summed E-state index contributed by atoms with van der Waals surface area (Å²) in [5.74, 6) is 0.432. The number of fused-ring (bicyclic) bond motifs is 1. The summed E-state index contributed by atoms with van der Waals surface area (Å²) in [7, 11) is 3.39. The number of pyridine rings is 1. The lowest BCUT2D eigenvalue weighted by molar-refractivity contribution is 0.262. The Kier molecular flexibility index (Phi) is 6.15. The third kappa shape index (κ3) is 4.71. The Morgan fingerprint density at radius 1 is 1.08 bits per heavy atom. The number of hydrogen-bond donors (Lipinski definition) is 4. The Bertz CT molecular complexity index is 1690. The first-order chi connectivity index (χ1) is 18.1. The van der Waals surface area contributed by atoms with E-state index in [1.807, 2.05) is 26.8 Å². The summed E-state index contributed by atoms with van der Waals surface area (Å²) in [6.45, 7) is 6.08. The number of urea groups is 1. The number of aryl methyl sites for hydroxylation is 1. The molecule has 0 bridgehead atoms. The SMILES string of the molecule is CNc1ncc2cc(-c3cccc(NC(=O)Nc4cn(C(C)(C)C)nc4-c4cn[nH]c4)c3)c(=O)n(C)c2n1. The first-order valence-corrected chi connectivity index (χ1v) is 12.0. The number of rotatable bonds is 5. The molecule has 0 spiro atoms. The topological polar surface area (TPSA) is 147 Å². The van der Waals surface area contributed by atoms with Crippen molar-refractivity contribution >= 4 is 34.4 Å². The van der Waals surface area contributed by atoms with Crippen LogP contribution in [0.1, 0.15) is 20.8 Å². The molecular formula is C26H28N10O2. The summed E-state index contributed by atoms with van der Waals surface area (Å²) in [4.78, 5) is 34.8. The van der Waals surface area contributed by atoms with E-state index in [9.17, 15) is 9.59 Å². The fraction of sp³-hybridized carbons (Fsp3) is 0.231. The van der Waals surface area contributed by atoms with Gasteiger partial charge >= 0.3 is 6.03 Å². The molecule has 194 valence electrons. The number of carbonyl (C=O) groups is 1. The molecule has 2 amide bonds. The maximum Gasteiger partial charge on any atom is 0.323 e. The van der Waals surface area contributed by atoms with Gasteiger partial charge in [0.1, 0.15) is 11.3 Å². The number of aromatic nitrogens is 7. The predicted molar refractivity (Wildman–Crippen MR) is 147 cm³/mol. The minimum Gasteiger partial charge on any atom is -0.357 e. The van der Waals surface area contributed by atoms with Crippen molar-refractivity contribution in [2.75, 3.05) is 23.0 Å². The van der Waals surface area contributed by atoms with E-state index in [4.69, 9.17) is 0 Å². The third-order valence-electron chi connectivity index (χ3n) is 6.02. The number of carbonyl (C=O) groups excluding carboxylic acids is 1. The fourth-order valence-electron chi connectivity index (χ4n) is 4.03. The van der Waals surface area contributed by atoms with Crippen LogP contribution in [0.4, 0.5) is 22.1 Å². The van der Waals surface area contributed by atoms with Crippen LogP contribution >= 0.6 is 0 Å². The van der Waals surface area contributed by atoms with Crippen LogP contribution in [0.3, 0.4) is 0 Å². The Hall–Kier alpha value is -5.00. The summed E-state index contributed by atoms with van der Waals surface area (Å²) < 4.78 is 3.29. The molecule has 5 rings (SSSR count). The summed E-state index contributed by atoms with van der Waals surface area (Å²) in [6, 6.07) is 8.42. The van der Waals surface area contributed by atoms with Gasteiger partial charge in [0.2, 0.25) is 5.95 Å². The highest BCUT2D eigenvalue weighted by atomic mass is 16.2. The molecule has 0 aliphatic heterocycles. The second-order valence-corrected chi connectivity index (χ2v) is 9.80. The summed E-state index contributed by atoms with van der Waals surface area (Å²) in [6.07, 6.45) is 6.83. The normalized spacial score (nSPS) is 11.5. The number of nitrogens with zero attached hydrogens (tertiary/aromatic N) is 6. The van der Waals surface area contributed by atoms with Crippen molar-refractivity contribution in [3.63, 3.8) is 0 Å². The Morgan fingerprint density at radius 2 is 1.89 bits per heavy atom. The maximum atomic E-state index is 13.2. The predicted octanol–water partition coefficient (Wildman–Crippen LogP) is 4.02. The van der Waals surface area contributed by atoms with E-state index < -0.39 is 6.03 Å². The highest BCUT2D eigenvalue weighted by molar-refractivity contribution is 6.02. The van der Waals surface area contributed by atoms with Gasteiger partial charge in [0.05, 0.1) is 17.4 Å². The number of H-pyrrole nitrogens is 1. The van der Waals surface area contributed by atoms with E-state index in [2.05, 4.69) is 41.2 Å². The van der Waals surface area contributed by atoms with Gasteiger partial charge in [-0.2, -0.15) is 15.2 Å². The second kappa shape index (κ2) is 9.47. The molecule has 38 heavy (non-hydrogen) atoms. The van der Waals surface area contributed by atoms with Crippen LogP contribution in [0.2, 0.25) is 0 Å². The molecule has 0 unspecified atom stereocenters. The van der Waals surface area contributed by atoms with Crippen LogP contribution in [0.25, 0.3) is 33.4 Å². The molecule has 0 aliphatic carbocycles. The standard InChI is InChI=1S/C26H28N10O2/c1-26(2,3)36-14-20(21(34-36)17-12-29-30-13-17)32-25(38)31-18-8-6-7-15(9-18)19-10-16-11-28-24(27-4)33-22(16)35(5)23(19)37/h6-14H,1-5H3,(H,29,30)(H,27,28,33)(H2,31,32,38). The number of amides is 2. The number of benzene rings is 1. The summed E-state index contributed by atoms with van der Waals surface area (Å²) in [5, 5.41) is 20.8. The smallest absolute Gasteiger partial charge is 0.323 e. The van der Waals surface area contributed by atoms with Gasteiger partial charge in [-0.1, -0.05) is 12.1 Å². The van der Waals surface area contributed by atoms with E-state index in [1.165, 1.54) is 4.57 Å². The van der Waals surface area contributed by atoms with E-state index >= 15 is 0 Å². The molecule has 5 aromatic rings. The minimum atomic E-state index is -0.445. The lowest BCUT2D eigenvalue weighted by Gasteiger charge is -2.18. The zero-order chi connectivity index (χ0) is 27.0. The highest BCUT2D eigenvalue weighted by Crippen LogP contribution is 2.29. The molecule has 4 aromatic heterocycles. The van der Waals surface area contributed by atoms with Crippen molar-refractivity contribution in [3.8, 4) is 22.4 Å². The molecule has 4 N–H and O–H groups in total. The van der Waals surface area contributed by atoms with Gasteiger partial charge in [-0.05, 0) is 44.5 Å². The molecular weight excluding hydrogens is 484 g/mol. The third-order valence-corrected chi connectivity index (χ3v) is 6.02. The van der Waals surface area contributed by atoms with Gasteiger partial charge in [-0.3, -0.25) is 19.1 Å². The monoisotopic (exact) mass is 512 g/mol. The first kappa shape index (κ1) is 24.7. The van der Waals surface area contributed by atoms with Crippen LogP contribution in [0, 0.1) is 0 Å². The van der Waals surface area contributed by atoms with Crippen molar-refractivity contribution in [2.24, 2.45) is 7.05 Å². The quantitative estimate of drug-likeness (QED) is 0.278. The first-order valence-electron chi connectivity index (χ1n) is 12.0. The van der Waals surface area contributed by atoms with Gasteiger partial charge in [0.25, 0.3) is 5.56 Å². The van der Waals surface area contributed by atoms with Crippen LogP contribution in [-0.4, -0.2) is 47.6 Å². The molecule has 0 saturated carbocycles. The van der Waals surface area contributed by atoms with Gasteiger partial charge in [0, 0.05) is 54.9 Å². The maximum absolute atomic E-state index is 13.2. The van der Waals surface area contributed by atoms with E-state index in [0.29, 0.717) is 39.8 Å². The molecule has 12 nitrogen and oxygen atoms in total. The van der Waals surface area contributed by atoms with Crippen molar-refractivity contribution in [1.29, 1.82) is 0 Å². The lowest BCUT2D eigenvalue weighted by Crippen LogP contribution is -2.22. The zero-order valence-electron chi connectivity index (χ0n) is 21.7. The summed E-state index contributed by atoms with van der Waals surface area (Å²) in [5.41, 5.74) is 3.58. The van der Waals surface area contributed by atoms with Crippen LogP contribution in [0.15, 0.2) is 59.9 Å². The number of anilines is 3.